The van der Waals surface area contributed by atoms with Crippen LogP contribution >= 0.6 is 0 Å². The summed E-state index contributed by atoms with van der Waals surface area (Å²) in [7, 11) is 0. The number of likely N-dealkylation sites (tertiary alicyclic amines) is 1. The Morgan fingerprint density at radius 3 is 2.31 bits per heavy atom. The van der Waals surface area contributed by atoms with E-state index in [0.717, 1.165) is 45.4 Å². The van der Waals surface area contributed by atoms with Crippen LogP contribution in [0.4, 0.5) is 10.5 Å². The van der Waals surface area contributed by atoms with Crippen LogP contribution in [0.3, 0.4) is 0 Å². The van der Waals surface area contributed by atoms with E-state index in [9.17, 15) is 9.59 Å². The second-order valence-electron chi connectivity index (χ2n) is 9.04. The summed E-state index contributed by atoms with van der Waals surface area (Å²) < 4.78 is 5.61. The highest BCUT2D eigenvalue weighted by molar-refractivity contribution is 5.94. The van der Waals surface area contributed by atoms with Gasteiger partial charge in [0, 0.05) is 56.6 Å². The van der Waals surface area contributed by atoms with Crippen molar-refractivity contribution in [3.8, 4) is 0 Å². The lowest BCUT2D eigenvalue weighted by Gasteiger charge is -2.41. The van der Waals surface area contributed by atoms with Gasteiger partial charge < -0.3 is 20.3 Å². The molecule has 1 aromatic rings. The van der Waals surface area contributed by atoms with Crippen molar-refractivity contribution in [2.24, 2.45) is 0 Å². The van der Waals surface area contributed by atoms with E-state index in [1.165, 1.54) is 0 Å². The molecule has 29 heavy (non-hydrogen) atoms. The lowest BCUT2D eigenvalue weighted by molar-refractivity contribution is 0.00281. The van der Waals surface area contributed by atoms with Crippen molar-refractivity contribution in [1.29, 1.82) is 0 Å². The zero-order valence-corrected chi connectivity index (χ0v) is 17.9. The van der Waals surface area contributed by atoms with Gasteiger partial charge in [0.25, 0.3) is 5.91 Å². The van der Waals surface area contributed by atoms with E-state index in [4.69, 9.17) is 10.5 Å². The number of rotatable bonds is 3. The maximum absolute atomic E-state index is 12.7. The Labute approximate surface area is 173 Å². The molecular formula is C22H34N4O3. The largest absolute Gasteiger partial charge is 0.444 e. The zero-order chi connectivity index (χ0) is 21.0. The molecule has 1 atom stereocenters. The average Bonchev–Trinajstić information content (AvgIpc) is 2.68. The van der Waals surface area contributed by atoms with Crippen LogP contribution in [0.5, 0.6) is 0 Å². The molecule has 2 aliphatic heterocycles. The van der Waals surface area contributed by atoms with Gasteiger partial charge in [-0.05, 0) is 64.3 Å². The van der Waals surface area contributed by atoms with Gasteiger partial charge in [0.2, 0.25) is 0 Å². The Morgan fingerprint density at radius 1 is 1.03 bits per heavy atom. The van der Waals surface area contributed by atoms with E-state index in [1.54, 1.807) is 24.3 Å². The summed E-state index contributed by atoms with van der Waals surface area (Å²) in [6.45, 7) is 10.3. The minimum Gasteiger partial charge on any atom is -0.444 e. The maximum Gasteiger partial charge on any atom is 0.410 e. The third kappa shape index (κ3) is 5.85. The lowest BCUT2D eigenvalue weighted by Crippen LogP contribution is -2.55. The van der Waals surface area contributed by atoms with Gasteiger partial charge in [-0.15, -0.1) is 0 Å². The molecule has 1 aromatic carbocycles. The molecule has 2 aliphatic rings. The first-order valence-electron chi connectivity index (χ1n) is 10.6. The number of carbonyl (C=O) groups excluding carboxylic acids is 2. The van der Waals surface area contributed by atoms with Crippen LogP contribution < -0.4 is 5.73 Å². The van der Waals surface area contributed by atoms with Gasteiger partial charge >= 0.3 is 6.09 Å². The summed E-state index contributed by atoms with van der Waals surface area (Å²) >= 11 is 0. The Bertz CT molecular complexity index is 706. The fourth-order valence-corrected chi connectivity index (χ4v) is 3.99. The quantitative estimate of drug-likeness (QED) is 0.787. The molecule has 0 radical (unpaired) electrons. The molecule has 3 rings (SSSR count). The number of hydrogen-bond acceptors (Lipinski definition) is 5. The summed E-state index contributed by atoms with van der Waals surface area (Å²) in [6.07, 6.45) is 2.96. The number of amides is 2. The van der Waals surface area contributed by atoms with Crippen LogP contribution in [0.1, 0.15) is 50.4 Å². The van der Waals surface area contributed by atoms with Crippen molar-refractivity contribution >= 4 is 17.7 Å². The van der Waals surface area contributed by atoms with Crippen LogP contribution in [-0.4, -0.2) is 77.6 Å². The summed E-state index contributed by atoms with van der Waals surface area (Å²) in [5.41, 5.74) is 6.57. The molecular weight excluding hydrogens is 368 g/mol. The molecule has 0 saturated carbocycles. The molecule has 0 aromatic heterocycles. The third-order valence-corrected chi connectivity index (χ3v) is 5.54. The minimum absolute atomic E-state index is 0.0534. The number of ether oxygens (including phenoxy) is 1. The number of carbonyl (C=O) groups is 2. The van der Waals surface area contributed by atoms with Gasteiger partial charge in [-0.1, -0.05) is 0 Å². The number of nitrogens with two attached hydrogens (primary N) is 1. The standard InChI is InChI=1S/C22H34N4O3/c1-22(2,3)29-21(28)26-11-5-4-6-19(26)16-24-12-14-25(15-13-24)20(27)17-7-9-18(23)10-8-17/h7-10,19H,4-6,11-16,23H2,1-3H3. The number of nitrogens with zero attached hydrogens (tertiary/aromatic N) is 3. The maximum atomic E-state index is 12.7. The van der Waals surface area contributed by atoms with Gasteiger partial charge in [0.05, 0.1) is 0 Å². The Kier molecular flexibility index (Phi) is 6.67. The highest BCUT2D eigenvalue weighted by Crippen LogP contribution is 2.22. The van der Waals surface area contributed by atoms with E-state index in [-0.39, 0.29) is 18.0 Å². The van der Waals surface area contributed by atoms with Gasteiger partial charge in [0.15, 0.2) is 0 Å². The average molecular weight is 403 g/mol. The summed E-state index contributed by atoms with van der Waals surface area (Å²) in [6, 6.07) is 7.27. The molecule has 160 valence electrons. The monoisotopic (exact) mass is 402 g/mol. The second kappa shape index (κ2) is 9.03. The Hall–Kier alpha value is -2.28. The van der Waals surface area contributed by atoms with Crippen LogP contribution in [0.2, 0.25) is 0 Å². The first-order valence-corrected chi connectivity index (χ1v) is 10.6. The number of benzene rings is 1. The Balaban J connectivity index is 1.53. The van der Waals surface area contributed by atoms with E-state index in [0.29, 0.717) is 24.3 Å². The molecule has 2 N–H and O–H groups in total. The first kappa shape index (κ1) is 21.4. The van der Waals surface area contributed by atoms with Crippen LogP contribution in [0, 0.1) is 0 Å². The molecule has 7 heteroatoms. The number of anilines is 1. The SMILES string of the molecule is CC(C)(C)OC(=O)N1CCCCC1CN1CCN(C(=O)c2ccc(N)cc2)CC1. The molecule has 2 saturated heterocycles. The highest BCUT2D eigenvalue weighted by atomic mass is 16.6. The van der Waals surface area contributed by atoms with E-state index < -0.39 is 5.60 Å². The summed E-state index contributed by atoms with van der Waals surface area (Å²) in [4.78, 5) is 31.5. The predicted molar refractivity (Wildman–Crippen MR) is 114 cm³/mol. The molecule has 7 nitrogen and oxygen atoms in total. The van der Waals surface area contributed by atoms with Crippen LogP contribution in [0.15, 0.2) is 24.3 Å². The van der Waals surface area contributed by atoms with Crippen LogP contribution in [-0.2, 0) is 4.74 Å². The fraction of sp³-hybridized carbons (Fsp3) is 0.636. The van der Waals surface area contributed by atoms with Crippen molar-refractivity contribution in [2.45, 2.75) is 51.7 Å². The number of hydrogen-bond donors (Lipinski definition) is 1. The molecule has 0 spiro atoms. The summed E-state index contributed by atoms with van der Waals surface area (Å²) in [5, 5.41) is 0. The van der Waals surface area contributed by atoms with E-state index >= 15 is 0 Å². The van der Waals surface area contributed by atoms with Crippen molar-refractivity contribution in [2.75, 3.05) is 45.0 Å². The lowest BCUT2D eigenvalue weighted by atomic mass is 10.0. The second-order valence-corrected chi connectivity index (χ2v) is 9.04. The normalized spacial score (nSPS) is 21.1. The number of piperidine rings is 1. The Morgan fingerprint density at radius 2 is 1.69 bits per heavy atom. The number of nitrogen functional groups attached to an aromatic ring is 1. The van der Waals surface area contributed by atoms with Crippen molar-refractivity contribution in [1.82, 2.24) is 14.7 Å². The molecule has 2 fully saturated rings. The van der Waals surface area contributed by atoms with Crippen molar-refractivity contribution < 1.29 is 14.3 Å². The molecule has 2 heterocycles. The van der Waals surface area contributed by atoms with Gasteiger partial charge in [-0.2, -0.15) is 0 Å². The molecule has 0 bridgehead atoms. The van der Waals surface area contributed by atoms with Crippen LogP contribution in [0.25, 0.3) is 0 Å². The predicted octanol–water partition coefficient (Wildman–Crippen LogP) is 2.82. The smallest absolute Gasteiger partial charge is 0.410 e. The minimum atomic E-state index is -0.479. The zero-order valence-electron chi connectivity index (χ0n) is 17.9. The molecule has 0 aliphatic carbocycles. The number of piperazine rings is 1. The van der Waals surface area contributed by atoms with E-state index in [2.05, 4.69) is 4.90 Å². The van der Waals surface area contributed by atoms with E-state index in [1.807, 2.05) is 30.6 Å². The van der Waals surface area contributed by atoms with Gasteiger partial charge in [-0.3, -0.25) is 9.69 Å². The third-order valence-electron chi connectivity index (χ3n) is 5.54. The first-order chi connectivity index (χ1) is 13.7. The molecule has 2 amide bonds. The highest BCUT2D eigenvalue weighted by Gasteiger charge is 2.32. The molecule has 1 unspecified atom stereocenters. The van der Waals surface area contributed by atoms with Gasteiger partial charge in [-0.25, -0.2) is 4.79 Å². The fourth-order valence-electron chi connectivity index (χ4n) is 3.99. The topological polar surface area (TPSA) is 79.1 Å². The van der Waals surface area contributed by atoms with Crippen molar-refractivity contribution in [3.63, 3.8) is 0 Å². The summed E-state index contributed by atoms with van der Waals surface area (Å²) in [5.74, 6) is 0.0534. The van der Waals surface area contributed by atoms with Gasteiger partial charge in [0.1, 0.15) is 5.60 Å². The van der Waals surface area contributed by atoms with Crippen molar-refractivity contribution in [3.05, 3.63) is 29.8 Å².